The lowest BCUT2D eigenvalue weighted by atomic mass is 9.64. The first-order valence-electron chi connectivity index (χ1n) is 16.4. The molecule has 0 aliphatic carbocycles. The Labute approximate surface area is 284 Å². The molecule has 0 fully saturated rings. The van der Waals surface area contributed by atoms with Crippen LogP contribution in [-0.2, 0) is 10.8 Å². The maximum absolute atomic E-state index is 4.40. The fourth-order valence-corrected chi connectivity index (χ4v) is 27.1. The molecule has 0 spiro atoms. The van der Waals surface area contributed by atoms with Crippen LogP contribution in [0.15, 0.2) is 142 Å². The summed E-state index contributed by atoms with van der Waals surface area (Å²) in [5.41, 5.74) is 6.12. The molecule has 2 aliphatic heterocycles. The molecule has 226 valence electrons. The minimum absolute atomic E-state index is 0.243. The van der Waals surface area contributed by atoms with Gasteiger partial charge in [0.1, 0.15) is 0 Å². The van der Waals surface area contributed by atoms with Crippen LogP contribution in [0.3, 0.4) is 0 Å². The fourth-order valence-electron chi connectivity index (χ4n) is 9.50. The zero-order valence-electron chi connectivity index (χ0n) is 26.4. The predicted octanol–water partition coefficient (Wildman–Crippen LogP) is 12.3. The number of hydrogen-bond acceptors (Lipinski definition) is 0. The number of allylic oxidation sites excluding steroid dienone is 2. The summed E-state index contributed by atoms with van der Waals surface area (Å²) >= 11 is 8.79. The van der Waals surface area contributed by atoms with E-state index in [0.717, 1.165) is 0 Å². The number of hydrogen-bond donors (Lipinski definition) is 0. The second kappa shape index (κ2) is 12.5. The van der Waals surface area contributed by atoms with E-state index in [1.165, 1.54) is 54.6 Å². The molecule has 2 aliphatic rings. The van der Waals surface area contributed by atoms with Crippen LogP contribution in [0.25, 0.3) is 0 Å². The van der Waals surface area contributed by atoms with Crippen molar-refractivity contribution in [3.63, 3.8) is 0 Å². The van der Waals surface area contributed by atoms with E-state index in [0.29, 0.717) is 11.1 Å². The molecule has 2 heterocycles. The van der Waals surface area contributed by atoms with Gasteiger partial charge in [0.25, 0.3) is 0 Å². The monoisotopic (exact) mass is 738 g/mol. The van der Waals surface area contributed by atoms with Gasteiger partial charge in [-0.1, -0.05) is 217 Å². The zero-order valence-corrected chi connectivity index (χ0v) is 31.6. The Balaban J connectivity index is 1.82. The first-order valence-corrected chi connectivity index (χ1v) is 23.0. The molecule has 2 unspecified atom stereocenters. The number of benzene rings is 4. The molecule has 44 heavy (non-hydrogen) atoms. The lowest BCUT2D eigenvalue weighted by Crippen LogP contribution is -2.56. The summed E-state index contributed by atoms with van der Waals surface area (Å²) < 4.78 is 3.03. The van der Waals surface area contributed by atoms with E-state index >= 15 is 0 Å². The Morgan fingerprint density at radius 3 is 0.864 bits per heavy atom. The SMILES string of the molecule is CC[Si]1(CC)C(Br)=CC(c2ccccc2)(c2ccccc2)C1C1C(c2ccccc2)(c2ccccc2)C=C(Br)[Si]1(CC)CC. The van der Waals surface area contributed by atoms with Crippen LogP contribution in [0.2, 0.25) is 35.3 Å². The van der Waals surface area contributed by atoms with Crippen LogP contribution in [0.5, 0.6) is 0 Å². The third-order valence-corrected chi connectivity index (χ3v) is 28.4. The van der Waals surface area contributed by atoms with Crippen molar-refractivity contribution in [2.45, 2.75) is 73.8 Å². The van der Waals surface area contributed by atoms with Gasteiger partial charge in [0.2, 0.25) is 0 Å². The smallest absolute Gasteiger partial charge is 0.0674 e. The quantitative estimate of drug-likeness (QED) is 0.150. The molecule has 0 radical (unpaired) electrons. The average Bonchev–Trinajstić information content (AvgIpc) is 3.51. The first kappa shape index (κ1) is 31.7. The minimum atomic E-state index is -2.13. The summed E-state index contributed by atoms with van der Waals surface area (Å²) in [5.74, 6) is 0. The van der Waals surface area contributed by atoms with E-state index in [-0.39, 0.29) is 10.8 Å². The normalized spacial score (nSPS) is 22.8. The summed E-state index contributed by atoms with van der Waals surface area (Å²) in [4.78, 5) is 0. The van der Waals surface area contributed by atoms with Gasteiger partial charge in [-0.25, -0.2) is 0 Å². The lowest BCUT2D eigenvalue weighted by Gasteiger charge is -2.56. The van der Waals surface area contributed by atoms with Crippen molar-refractivity contribution < 1.29 is 0 Å². The van der Waals surface area contributed by atoms with Crippen molar-refractivity contribution in [3.05, 3.63) is 164 Å². The number of rotatable bonds is 9. The van der Waals surface area contributed by atoms with E-state index in [2.05, 4.69) is 193 Å². The second-order valence-electron chi connectivity index (χ2n) is 12.9. The largest absolute Gasteiger partial charge is 0.0994 e. The Kier molecular flexibility index (Phi) is 9.02. The average molecular weight is 741 g/mol. The molecule has 6 rings (SSSR count). The standard InChI is InChI=1S/C40H44Br2Si2/c1-5-43(6-2)35(41)29-39(31-21-13-9-14-22-31,32-23-15-10-16-24-32)37(43)38-40(33-25-17-11-18-26-33,34-27-19-12-20-28-34)30-36(42)44(38,7-3)8-4/h9-30,37-38H,5-8H2,1-4H3. The van der Waals surface area contributed by atoms with Gasteiger partial charge in [-0.15, -0.1) is 0 Å². The van der Waals surface area contributed by atoms with Gasteiger partial charge in [-0.2, -0.15) is 0 Å². The van der Waals surface area contributed by atoms with E-state index in [4.69, 9.17) is 0 Å². The van der Waals surface area contributed by atoms with Crippen LogP contribution in [0, 0.1) is 0 Å². The van der Waals surface area contributed by atoms with Crippen LogP contribution in [0.1, 0.15) is 49.9 Å². The van der Waals surface area contributed by atoms with Gasteiger partial charge in [-0.05, 0) is 41.5 Å². The highest BCUT2D eigenvalue weighted by Gasteiger charge is 2.70. The molecule has 0 bridgehead atoms. The summed E-state index contributed by atoms with van der Waals surface area (Å²) in [6.07, 6.45) is 5.41. The topological polar surface area (TPSA) is 0 Å². The lowest BCUT2D eigenvalue weighted by molar-refractivity contribution is 0.459. The molecule has 4 aromatic carbocycles. The fraction of sp³-hybridized carbons (Fsp3) is 0.300. The molecule has 0 amide bonds. The maximum Gasteiger partial charge on any atom is 0.0994 e. The Morgan fingerprint density at radius 1 is 0.432 bits per heavy atom. The van der Waals surface area contributed by atoms with Crippen molar-refractivity contribution >= 4 is 48.0 Å². The highest BCUT2D eigenvalue weighted by atomic mass is 79.9. The third-order valence-electron chi connectivity index (χ3n) is 11.7. The van der Waals surface area contributed by atoms with Crippen molar-refractivity contribution in [2.24, 2.45) is 0 Å². The summed E-state index contributed by atoms with van der Waals surface area (Å²) in [6.45, 7) is 9.98. The highest BCUT2D eigenvalue weighted by Crippen LogP contribution is 2.74. The molecule has 0 nitrogen and oxygen atoms in total. The van der Waals surface area contributed by atoms with E-state index in [1.54, 1.807) is 0 Å². The first-order chi connectivity index (χ1) is 21.4. The molecule has 4 aromatic rings. The molecule has 4 heteroatoms. The van der Waals surface area contributed by atoms with Gasteiger partial charge in [0.15, 0.2) is 0 Å². The molecular formula is C40H44Br2Si2. The molecular weight excluding hydrogens is 696 g/mol. The predicted molar refractivity (Wildman–Crippen MR) is 202 cm³/mol. The minimum Gasteiger partial charge on any atom is -0.0674 e. The van der Waals surface area contributed by atoms with E-state index in [9.17, 15) is 0 Å². The van der Waals surface area contributed by atoms with Crippen molar-refractivity contribution in [3.8, 4) is 0 Å². The van der Waals surface area contributed by atoms with Gasteiger partial charge in [0.05, 0.1) is 16.1 Å². The van der Waals surface area contributed by atoms with Crippen molar-refractivity contribution in [1.29, 1.82) is 0 Å². The van der Waals surface area contributed by atoms with Crippen molar-refractivity contribution in [1.82, 2.24) is 0 Å². The molecule has 0 saturated heterocycles. The van der Waals surface area contributed by atoms with Gasteiger partial charge < -0.3 is 0 Å². The summed E-state index contributed by atoms with van der Waals surface area (Å²) in [5, 5.41) is 0. The molecule has 2 atom stereocenters. The summed E-state index contributed by atoms with van der Waals surface area (Å²) in [7, 11) is -4.25. The van der Waals surface area contributed by atoms with Crippen LogP contribution < -0.4 is 0 Å². The van der Waals surface area contributed by atoms with Gasteiger partial charge in [0, 0.05) is 10.8 Å². The van der Waals surface area contributed by atoms with E-state index in [1.807, 2.05) is 0 Å². The van der Waals surface area contributed by atoms with Crippen molar-refractivity contribution in [2.75, 3.05) is 0 Å². The summed E-state index contributed by atoms with van der Waals surface area (Å²) in [6, 6.07) is 51.0. The van der Waals surface area contributed by atoms with Crippen LogP contribution >= 0.6 is 31.9 Å². The Hall–Kier alpha value is -2.25. The zero-order chi connectivity index (χ0) is 31.0. The Morgan fingerprint density at radius 2 is 0.659 bits per heavy atom. The third kappa shape index (κ3) is 4.46. The molecule has 0 N–H and O–H groups in total. The van der Waals surface area contributed by atoms with Gasteiger partial charge >= 0.3 is 0 Å². The second-order valence-corrected chi connectivity index (χ2v) is 25.8. The highest BCUT2D eigenvalue weighted by molar-refractivity contribution is 9.12. The van der Waals surface area contributed by atoms with E-state index < -0.39 is 16.1 Å². The molecule has 0 aromatic heterocycles. The molecule has 0 saturated carbocycles. The number of halogens is 2. The Bertz CT molecular complexity index is 1420. The van der Waals surface area contributed by atoms with Crippen LogP contribution in [0.4, 0.5) is 0 Å². The van der Waals surface area contributed by atoms with Crippen LogP contribution in [-0.4, -0.2) is 16.1 Å². The maximum atomic E-state index is 4.40. The van der Waals surface area contributed by atoms with Gasteiger partial charge in [-0.3, -0.25) is 0 Å².